The first-order chi connectivity index (χ1) is 5.33. The van der Waals surface area contributed by atoms with Crippen molar-refractivity contribution in [2.24, 2.45) is 0 Å². The second-order valence-corrected chi connectivity index (χ2v) is 4.66. The molecule has 2 rings (SSSR count). The maximum absolute atomic E-state index is 9.71. The van der Waals surface area contributed by atoms with Crippen molar-refractivity contribution in [1.29, 1.82) is 0 Å². The van der Waals surface area contributed by atoms with E-state index in [1.165, 1.54) is 6.42 Å². The van der Waals surface area contributed by atoms with Crippen molar-refractivity contribution in [1.82, 2.24) is 0 Å². The normalized spacial score (nSPS) is 45.0. The molecule has 1 saturated carbocycles. The molecule has 1 heterocycles. The Hall–Kier alpha value is 0.270. The Morgan fingerprint density at radius 2 is 2.36 bits per heavy atom. The van der Waals surface area contributed by atoms with E-state index < -0.39 is 0 Å². The van der Waals surface area contributed by atoms with Crippen LogP contribution in [0, 0.1) is 0 Å². The molecule has 0 aromatic heterocycles. The zero-order chi connectivity index (χ0) is 7.73. The van der Waals surface area contributed by atoms with Crippen LogP contribution in [-0.4, -0.2) is 28.5 Å². The third-order valence-corrected chi connectivity index (χ3v) is 3.99. The minimum Gasteiger partial charge on any atom is -0.389 e. The van der Waals surface area contributed by atoms with Crippen molar-refractivity contribution in [3.8, 4) is 0 Å². The molecule has 1 aliphatic heterocycles. The van der Waals surface area contributed by atoms with Crippen molar-refractivity contribution < 1.29 is 9.84 Å². The number of ether oxygens (including phenoxy) is 1. The van der Waals surface area contributed by atoms with Crippen molar-refractivity contribution in [3.05, 3.63) is 0 Å². The summed E-state index contributed by atoms with van der Waals surface area (Å²) >= 11 is 1.80. The van der Waals surface area contributed by atoms with Crippen LogP contribution in [0.25, 0.3) is 0 Å². The Kier molecular flexibility index (Phi) is 2.12. The van der Waals surface area contributed by atoms with Crippen molar-refractivity contribution in [2.75, 3.05) is 12.4 Å². The summed E-state index contributed by atoms with van der Waals surface area (Å²) in [5.74, 6) is 1.05. The summed E-state index contributed by atoms with van der Waals surface area (Å²) in [5.41, 5.74) is 0. The Morgan fingerprint density at radius 3 is 3.00 bits per heavy atom. The SMILES string of the molecule is O[C@@H]1CCCC[C@]12OCCS2. The van der Waals surface area contributed by atoms with Crippen LogP contribution in [0.15, 0.2) is 0 Å². The third-order valence-electron chi connectivity index (χ3n) is 2.54. The average Bonchev–Trinajstić information content (AvgIpc) is 2.46. The van der Waals surface area contributed by atoms with Gasteiger partial charge in [0.25, 0.3) is 0 Å². The molecule has 2 fully saturated rings. The van der Waals surface area contributed by atoms with Gasteiger partial charge in [0.2, 0.25) is 0 Å². The summed E-state index contributed by atoms with van der Waals surface area (Å²) in [4.78, 5) is -0.196. The van der Waals surface area contributed by atoms with Gasteiger partial charge in [-0.2, -0.15) is 0 Å². The van der Waals surface area contributed by atoms with Crippen LogP contribution in [0.5, 0.6) is 0 Å². The number of hydrogen-bond acceptors (Lipinski definition) is 3. The van der Waals surface area contributed by atoms with E-state index in [9.17, 15) is 5.11 Å². The van der Waals surface area contributed by atoms with Gasteiger partial charge in [-0.05, 0) is 19.3 Å². The average molecular weight is 174 g/mol. The first-order valence-electron chi connectivity index (χ1n) is 4.29. The van der Waals surface area contributed by atoms with Gasteiger partial charge in [0.1, 0.15) is 4.93 Å². The summed E-state index contributed by atoms with van der Waals surface area (Å²) in [6.07, 6.45) is 4.12. The summed E-state index contributed by atoms with van der Waals surface area (Å²) in [6.45, 7) is 0.821. The monoisotopic (exact) mass is 174 g/mol. The van der Waals surface area contributed by atoms with Crippen LogP contribution in [0.3, 0.4) is 0 Å². The maximum Gasteiger partial charge on any atom is 0.139 e. The lowest BCUT2D eigenvalue weighted by atomic mass is 9.94. The summed E-state index contributed by atoms with van der Waals surface area (Å²) in [6, 6.07) is 0. The lowest BCUT2D eigenvalue weighted by molar-refractivity contribution is -0.0683. The van der Waals surface area contributed by atoms with Gasteiger partial charge in [0.15, 0.2) is 0 Å². The zero-order valence-corrected chi connectivity index (χ0v) is 7.40. The van der Waals surface area contributed by atoms with Crippen LogP contribution in [0.2, 0.25) is 0 Å². The molecule has 1 saturated heterocycles. The Balaban J connectivity index is 2.07. The topological polar surface area (TPSA) is 29.5 Å². The van der Waals surface area contributed by atoms with Gasteiger partial charge in [-0.1, -0.05) is 6.42 Å². The fourth-order valence-corrected chi connectivity index (χ4v) is 3.18. The molecular formula is C8H14O2S. The van der Waals surface area contributed by atoms with Gasteiger partial charge in [0, 0.05) is 5.75 Å². The molecule has 0 radical (unpaired) electrons. The van der Waals surface area contributed by atoms with Gasteiger partial charge in [-0.3, -0.25) is 0 Å². The van der Waals surface area contributed by atoms with E-state index >= 15 is 0 Å². The molecule has 2 atom stereocenters. The minimum absolute atomic E-state index is 0.196. The van der Waals surface area contributed by atoms with Crippen molar-refractivity contribution >= 4 is 11.8 Å². The lowest BCUT2D eigenvalue weighted by Crippen LogP contribution is -2.41. The molecule has 1 N–H and O–H groups in total. The van der Waals surface area contributed by atoms with E-state index in [0.29, 0.717) is 0 Å². The molecule has 2 nitrogen and oxygen atoms in total. The molecule has 0 amide bonds. The quantitative estimate of drug-likeness (QED) is 0.601. The van der Waals surface area contributed by atoms with Crippen LogP contribution in [0.4, 0.5) is 0 Å². The first kappa shape index (κ1) is 7.90. The van der Waals surface area contributed by atoms with E-state index in [1.807, 2.05) is 0 Å². The number of hydrogen-bond donors (Lipinski definition) is 1. The van der Waals surface area contributed by atoms with Gasteiger partial charge in [-0.15, -0.1) is 11.8 Å². The molecule has 64 valence electrons. The molecule has 3 heteroatoms. The molecule has 0 bridgehead atoms. The van der Waals surface area contributed by atoms with Crippen LogP contribution < -0.4 is 0 Å². The van der Waals surface area contributed by atoms with E-state index in [2.05, 4.69) is 0 Å². The number of thioether (sulfide) groups is 1. The largest absolute Gasteiger partial charge is 0.389 e. The molecule has 1 aliphatic carbocycles. The highest BCUT2D eigenvalue weighted by Gasteiger charge is 2.44. The smallest absolute Gasteiger partial charge is 0.139 e. The molecular weight excluding hydrogens is 160 g/mol. The molecule has 11 heavy (non-hydrogen) atoms. The summed E-state index contributed by atoms with van der Waals surface area (Å²) in [5, 5.41) is 9.71. The van der Waals surface area contributed by atoms with Crippen LogP contribution >= 0.6 is 11.8 Å². The molecule has 1 spiro atoms. The van der Waals surface area contributed by atoms with E-state index in [0.717, 1.165) is 31.6 Å². The Bertz CT molecular complexity index is 143. The zero-order valence-electron chi connectivity index (χ0n) is 6.58. The highest BCUT2D eigenvalue weighted by Crippen LogP contribution is 2.44. The third kappa shape index (κ3) is 1.30. The van der Waals surface area contributed by atoms with Crippen molar-refractivity contribution in [2.45, 2.75) is 36.7 Å². The van der Waals surface area contributed by atoms with Crippen molar-refractivity contribution in [3.63, 3.8) is 0 Å². The summed E-state index contributed by atoms with van der Waals surface area (Å²) < 4.78 is 5.61. The number of aliphatic hydroxyl groups is 1. The molecule has 0 aromatic rings. The fraction of sp³-hybridized carbons (Fsp3) is 1.00. The maximum atomic E-state index is 9.71. The minimum atomic E-state index is -0.219. The fourth-order valence-electron chi connectivity index (χ4n) is 1.90. The van der Waals surface area contributed by atoms with Gasteiger partial charge in [0.05, 0.1) is 12.7 Å². The second kappa shape index (κ2) is 2.96. The van der Waals surface area contributed by atoms with E-state index in [1.54, 1.807) is 11.8 Å². The highest BCUT2D eigenvalue weighted by molar-refractivity contribution is 8.00. The Labute approximate surface area is 71.3 Å². The number of aliphatic hydroxyl groups excluding tert-OH is 1. The van der Waals surface area contributed by atoms with Gasteiger partial charge in [-0.25, -0.2) is 0 Å². The van der Waals surface area contributed by atoms with Gasteiger partial charge >= 0.3 is 0 Å². The standard InChI is InChI=1S/C8H14O2S/c9-7-3-1-2-4-8(7)10-5-6-11-8/h7,9H,1-6H2/t7-,8-/m1/s1. The molecule has 0 unspecified atom stereocenters. The Morgan fingerprint density at radius 1 is 1.45 bits per heavy atom. The second-order valence-electron chi connectivity index (χ2n) is 3.27. The molecule has 0 aromatic carbocycles. The lowest BCUT2D eigenvalue weighted by Gasteiger charge is -2.36. The van der Waals surface area contributed by atoms with E-state index in [4.69, 9.17) is 4.74 Å². The van der Waals surface area contributed by atoms with Crippen LogP contribution in [-0.2, 0) is 4.74 Å². The number of rotatable bonds is 0. The predicted octanol–water partition coefficient (Wildman–Crippen LogP) is 1.38. The molecule has 2 aliphatic rings. The predicted molar refractivity (Wildman–Crippen MR) is 45.6 cm³/mol. The first-order valence-corrected chi connectivity index (χ1v) is 5.28. The van der Waals surface area contributed by atoms with Crippen LogP contribution in [0.1, 0.15) is 25.7 Å². The highest BCUT2D eigenvalue weighted by atomic mass is 32.2. The van der Waals surface area contributed by atoms with Gasteiger partial charge < -0.3 is 9.84 Å². The summed E-state index contributed by atoms with van der Waals surface area (Å²) in [7, 11) is 0. The van der Waals surface area contributed by atoms with E-state index in [-0.39, 0.29) is 11.0 Å².